The number of benzene rings is 4. The molecule has 7 rings (SSSR count). The van der Waals surface area contributed by atoms with Gasteiger partial charge in [-0.1, -0.05) is 60.7 Å². The van der Waals surface area contributed by atoms with Crippen LogP contribution in [0.2, 0.25) is 0 Å². The first kappa shape index (κ1) is 43.2. The molecule has 3 amide bonds. The summed E-state index contributed by atoms with van der Waals surface area (Å²) in [5.74, 6) is 0.403. The van der Waals surface area contributed by atoms with Crippen LogP contribution < -0.4 is 21.7 Å². The summed E-state index contributed by atoms with van der Waals surface area (Å²) < 4.78 is 0. The Morgan fingerprint density at radius 3 is 2.17 bits per heavy atom. The van der Waals surface area contributed by atoms with Gasteiger partial charge in [-0.2, -0.15) is 0 Å². The third kappa shape index (κ3) is 11.4. The van der Waals surface area contributed by atoms with Gasteiger partial charge in [0.15, 0.2) is 5.82 Å². The minimum atomic E-state index is -0.784. The lowest BCUT2D eigenvalue weighted by Crippen LogP contribution is -2.48. The maximum Gasteiger partial charge on any atom is 0.251 e. The van der Waals surface area contributed by atoms with Crippen LogP contribution in [-0.2, 0) is 22.6 Å². The van der Waals surface area contributed by atoms with Crippen LogP contribution >= 0.6 is 12.4 Å². The highest BCUT2D eigenvalue weighted by molar-refractivity contribution is 5.98. The van der Waals surface area contributed by atoms with E-state index in [1.165, 1.54) is 5.56 Å². The molecule has 0 spiro atoms. The SMILES string of the molecule is Cc1cc(C(=O)NC2CCC(N(C)Cc3ccccc3)CC2)ccc1-c1ccc(C[C@H](NC(=O)[C@H]2CC[C@H](CN)CC2)C(=O)Nc2ccc(-c3nnn[nH]3)cc2)cc1.Cl. The highest BCUT2D eigenvalue weighted by Crippen LogP contribution is 2.30. The summed E-state index contributed by atoms with van der Waals surface area (Å²) >= 11 is 0. The van der Waals surface area contributed by atoms with Gasteiger partial charge < -0.3 is 21.7 Å². The Morgan fingerprint density at radius 1 is 0.831 bits per heavy atom. The second-order valence-electron chi connectivity index (χ2n) is 16.1. The van der Waals surface area contributed by atoms with Gasteiger partial charge in [-0.15, -0.1) is 17.5 Å². The number of aryl methyl sites for hydroxylation is 1. The molecule has 0 saturated heterocycles. The summed E-state index contributed by atoms with van der Waals surface area (Å²) in [6, 6.07) is 31.6. The van der Waals surface area contributed by atoms with Crippen molar-refractivity contribution in [3.8, 4) is 22.5 Å². The predicted molar refractivity (Wildman–Crippen MR) is 234 cm³/mol. The Hall–Kier alpha value is -5.43. The zero-order valence-corrected chi connectivity index (χ0v) is 34.7. The first-order valence-corrected chi connectivity index (χ1v) is 20.6. The zero-order chi connectivity index (χ0) is 40.4. The van der Waals surface area contributed by atoms with Crippen molar-refractivity contribution in [3.63, 3.8) is 0 Å². The molecule has 1 atom stereocenters. The van der Waals surface area contributed by atoms with Crippen molar-refractivity contribution in [2.45, 2.75) is 89.4 Å². The average molecular weight is 818 g/mol. The van der Waals surface area contributed by atoms with E-state index in [4.69, 9.17) is 5.73 Å². The van der Waals surface area contributed by atoms with Crippen LogP contribution in [0.1, 0.15) is 78.4 Å². The van der Waals surface area contributed by atoms with Crippen molar-refractivity contribution >= 4 is 35.8 Å². The average Bonchev–Trinajstić information content (AvgIpc) is 3.80. The number of rotatable bonds is 14. The number of nitrogens with zero attached hydrogens (tertiary/aromatic N) is 4. The molecule has 1 heterocycles. The monoisotopic (exact) mass is 817 g/mol. The molecule has 6 N–H and O–H groups in total. The van der Waals surface area contributed by atoms with Crippen LogP contribution in [0.15, 0.2) is 97.1 Å². The summed E-state index contributed by atoms with van der Waals surface area (Å²) in [4.78, 5) is 43.1. The van der Waals surface area contributed by atoms with E-state index in [1.807, 2.05) is 61.5 Å². The second-order valence-corrected chi connectivity index (χ2v) is 16.1. The van der Waals surface area contributed by atoms with Crippen LogP contribution in [0.4, 0.5) is 5.69 Å². The summed E-state index contributed by atoms with van der Waals surface area (Å²) in [5.41, 5.74) is 13.2. The third-order valence-electron chi connectivity index (χ3n) is 12.1. The number of hydrogen-bond acceptors (Lipinski definition) is 8. The molecule has 2 fully saturated rings. The molecule has 2 aliphatic rings. The molecule has 5 aromatic rings. The van der Waals surface area contributed by atoms with Crippen molar-refractivity contribution in [2.24, 2.45) is 17.6 Å². The van der Waals surface area contributed by atoms with Crippen LogP contribution in [0.3, 0.4) is 0 Å². The fourth-order valence-electron chi connectivity index (χ4n) is 8.50. The quantitative estimate of drug-likeness (QED) is 0.0809. The maximum absolute atomic E-state index is 13.8. The third-order valence-corrected chi connectivity index (χ3v) is 12.1. The van der Waals surface area contributed by atoms with E-state index >= 15 is 0 Å². The smallest absolute Gasteiger partial charge is 0.251 e. The lowest BCUT2D eigenvalue weighted by atomic mass is 9.81. The summed E-state index contributed by atoms with van der Waals surface area (Å²) in [6.07, 6.45) is 7.75. The number of aromatic nitrogens is 4. The Morgan fingerprint density at radius 2 is 1.53 bits per heavy atom. The van der Waals surface area contributed by atoms with Crippen LogP contribution in [0.25, 0.3) is 22.5 Å². The topological polar surface area (TPSA) is 171 Å². The van der Waals surface area contributed by atoms with E-state index in [0.717, 1.165) is 85.7 Å². The van der Waals surface area contributed by atoms with Gasteiger partial charge in [-0.05, 0) is 152 Å². The Kier molecular flexibility index (Phi) is 15.0. The van der Waals surface area contributed by atoms with Gasteiger partial charge in [-0.25, -0.2) is 5.10 Å². The van der Waals surface area contributed by atoms with E-state index in [2.05, 4.69) is 78.9 Å². The number of anilines is 1. The van der Waals surface area contributed by atoms with E-state index in [0.29, 0.717) is 42.0 Å². The number of carbonyl (C=O) groups is 3. The lowest BCUT2D eigenvalue weighted by Gasteiger charge is -2.35. The number of amides is 3. The molecule has 12 nitrogen and oxygen atoms in total. The molecule has 2 saturated carbocycles. The number of aromatic amines is 1. The van der Waals surface area contributed by atoms with Crippen molar-refractivity contribution < 1.29 is 14.4 Å². The first-order valence-electron chi connectivity index (χ1n) is 20.6. The number of carbonyl (C=O) groups excluding carboxylic acids is 3. The normalized spacial score (nSPS) is 19.6. The number of hydrogen-bond donors (Lipinski definition) is 5. The zero-order valence-electron chi connectivity index (χ0n) is 33.9. The Bertz CT molecular complexity index is 2120. The number of tetrazole rings is 1. The van der Waals surface area contributed by atoms with Gasteiger partial charge in [-0.3, -0.25) is 19.3 Å². The second kappa shape index (κ2) is 20.5. The predicted octanol–water partition coefficient (Wildman–Crippen LogP) is 6.87. The molecular weight excluding hydrogens is 762 g/mol. The molecule has 2 aliphatic carbocycles. The molecular formula is C46H56ClN9O3. The Balaban J connectivity index is 0.00000585. The number of H-pyrrole nitrogens is 1. The standard InChI is InChI=1S/C46H55N9O3.ClH/c1-30-26-37(45(57)48-39-21-23-40(24-22-39)55(2)29-33-6-4-3-5-7-33)18-25-41(30)34-12-8-31(9-13-34)27-42(50-44(56)36-14-10-32(28-47)11-15-36)46(58)49-38-19-16-35(17-20-38)43-51-53-54-52-43;/h3-9,12-13,16-20,25-26,32,36,39-40,42H,10-11,14-15,21-24,27-29,47H2,1-2H3,(H,48,57)(H,49,58)(H,50,56)(H,51,52,53,54);1H/t32-,36-,39?,40?,42-;/m0./s1. The van der Waals surface area contributed by atoms with Crippen molar-refractivity contribution in [2.75, 3.05) is 18.9 Å². The van der Waals surface area contributed by atoms with E-state index < -0.39 is 6.04 Å². The van der Waals surface area contributed by atoms with Crippen LogP contribution in [0, 0.1) is 18.8 Å². The molecule has 0 unspecified atom stereocenters. The van der Waals surface area contributed by atoms with Gasteiger partial charge in [0, 0.05) is 47.8 Å². The van der Waals surface area contributed by atoms with Crippen LogP contribution in [0.5, 0.6) is 0 Å². The highest BCUT2D eigenvalue weighted by atomic mass is 35.5. The molecule has 4 aromatic carbocycles. The maximum atomic E-state index is 13.8. The highest BCUT2D eigenvalue weighted by Gasteiger charge is 2.30. The van der Waals surface area contributed by atoms with E-state index in [9.17, 15) is 14.4 Å². The van der Waals surface area contributed by atoms with Gasteiger partial charge in [0.05, 0.1) is 0 Å². The lowest BCUT2D eigenvalue weighted by molar-refractivity contribution is -0.130. The molecule has 59 heavy (non-hydrogen) atoms. The summed E-state index contributed by atoms with van der Waals surface area (Å²) in [7, 11) is 2.20. The van der Waals surface area contributed by atoms with Gasteiger partial charge >= 0.3 is 0 Å². The number of halogens is 1. The first-order chi connectivity index (χ1) is 28.2. The van der Waals surface area contributed by atoms with Crippen molar-refractivity contribution in [1.29, 1.82) is 0 Å². The Labute approximate surface area is 352 Å². The van der Waals surface area contributed by atoms with Crippen molar-refractivity contribution in [3.05, 3.63) is 119 Å². The molecule has 310 valence electrons. The van der Waals surface area contributed by atoms with Gasteiger partial charge in [0.2, 0.25) is 11.8 Å². The fourth-order valence-corrected chi connectivity index (χ4v) is 8.50. The fraction of sp³-hybridized carbons (Fsp3) is 0.391. The van der Waals surface area contributed by atoms with Crippen LogP contribution in [-0.4, -0.2) is 75.0 Å². The van der Waals surface area contributed by atoms with Gasteiger partial charge in [0.25, 0.3) is 5.91 Å². The molecule has 0 aliphatic heterocycles. The molecule has 1 aromatic heterocycles. The summed E-state index contributed by atoms with van der Waals surface area (Å²) in [5, 5.41) is 23.3. The molecule has 0 bridgehead atoms. The van der Waals surface area contributed by atoms with Crippen molar-refractivity contribution in [1.82, 2.24) is 36.2 Å². The number of nitrogens with two attached hydrogens (primary N) is 1. The largest absolute Gasteiger partial charge is 0.349 e. The van der Waals surface area contributed by atoms with Gasteiger partial charge in [0.1, 0.15) is 6.04 Å². The minimum Gasteiger partial charge on any atom is -0.349 e. The minimum absolute atomic E-state index is 0. The number of nitrogens with one attached hydrogen (secondary N) is 4. The molecule has 0 radical (unpaired) electrons. The van der Waals surface area contributed by atoms with E-state index in [-0.39, 0.29) is 42.1 Å². The molecule has 13 heteroatoms. The van der Waals surface area contributed by atoms with E-state index in [1.54, 1.807) is 12.1 Å². The summed E-state index contributed by atoms with van der Waals surface area (Å²) in [6.45, 7) is 3.60.